The van der Waals surface area contributed by atoms with E-state index in [4.69, 9.17) is 27.9 Å². The molecule has 0 aliphatic carbocycles. The third-order valence-electron chi connectivity index (χ3n) is 2.10. The van der Waals surface area contributed by atoms with Gasteiger partial charge in [-0.15, -0.1) is 0 Å². The van der Waals surface area contributed by atoms with Gasteiger partial charge < -0.3 is 4.74 Å². The van der Waals surface area contributed by atoms with E-state index in [-0.39, 0.29) is 0 Å². The number of halogens is 2. The smallest absolute Gasteiger partial charge is 0.122 e. The average molecular weight is 247 g/mol. The first-order valence-electron chi connectivity index (χ1n) is 5.31. The van der Waals surface area contributed by atoms with E-state index in [9.17, 15) is 0 Å². The zero-order chi connectivity index (χ0) is 11.1. The van der Waals surface area contributed by atoms with Gasteiger partial charge in [-0.2, -0.15) is 0 Å². The summed E-state index contributed by atoms with van der Waals surface area (Å²) < 4.78 is 5.55. The molecule has 1 aromatic carbocycles. The zero-order valence-corrected chi connectivity index (χ0v) is 10.4. The Bertz CT molecular complexity index is 279. The molecule has 15 heavy (non-hydrogen) atoms. The lowest BCUT2D eigenvalue weighted by Crippen LogP contribution is -1.97. The van der Waals surface area contributed by atoms with Crippen LogP contribution < -0.4 is 4.74 Å². The Kier molecular flexibility index (Phi) is 5.89. The highest BCUT2D eigenvalue weighted by molar-refractivity contribution is 6.34. The molecule has 0 spiro atoms. The summed E-state index contributed by atoms with van der Waals surface area (Å²) in [5.74, 6) is 0.754. The number of hydrogen-bond acceptors (Lipinski definition) is 1. The number of unbranched alkanes of at least 4 members (excludes halogenated alkanes) is 3. The lowest BCUT2D eigenvalue weighted by atomic mass is 10.2. The van der Waals surface area contributed by atoms with Crippen molar-refractivity contribution >= 4 is 23.2 Å². The van der Waals surface area contributed by atoms with E-state index < -0.39 is 0 Å². The molecule has 0 aromatic heterocycles. The van der Waals surface area contributed by atoms with Gasteiger partial charge in [-0.1, -0.05) is 49.4 Å². The van der Waals surface area contributed by atoms with Crippen LogP contribution >= 0.6 is 23.2 Å². The maximum atomic E-state index is 5.85. The quantitative estimate of drug-likeness (QED) is 0.646. The van der Waals surface area contributed by atoms with E-state index >= 15 is 0 Å². The fourth-order valence-corrected chi connectivity index (χ4v) is 1.84. The molecule has 0 radical (unpaired) electrons. The Hall–Kier alpha value is -0.400. The Morgan fingerprint density at radius 2 is 1.67 bits per heavy atom. The van der Waals surface area contributed by atoms with E-state index in [1.54, 1.807) is 18.2 Å². The zero-order valence-electron chi connectivity index (χ0n) is 8.93. The third kappa shape index (κ3) is 5.29. The van der Waals surface area contributed by atoms with E-state index in [0.29, 0.717) is 10.0 Å². The van der Waals surface area contributed by atoms with Crippen molar-refractivity contribution in [2.24, 2.45) is 0 Å². The van der Waals surface area contributed by atoms with Crippen LogP contribution in [0.5, 0.6) is 5.75 Å². The van der Waals surface area contributed by atoms with Gasteiger partial charge in [-0.05, 0) is 24.6 Å². The standard InChI is InChI=1S/C12H16Cl2O/c1-2-3-4-5-6-15-12-8-10(13)7-11(14)9-12/h7-9H,2-6H2,1H3. The van der Waals surface area contributed by atoms with E-state index in [2.05, 4.69) is 6.92 Å². The van der Waals surface area contributed by atoms with Crippen LogP contribution in [0.4, 0.5) is 0 Å². The summed E-state index contributed by atoms with van der Waals surface area (Å²) in [5.41, 5.74) is 0. The van der Waals surface area contributed by atoms with Crippen molar-refractivity contribution in [1.29, 1.82) is 0 Å². The van der Waals surface area contributed by atoms with Crippen LogP contribution in [0, 0.1) is 0 Å². The second-order valence-corrected chi connectivity index (χ2v) is 4.39. The van der Waals surface area contributed by atoms with Gasteiger partial charge in [0, 0.05) is 10.0 Å². The minimum atomic E-state index is 0.617. The summed E-state index contributed by atoms with van der Waals surface area (Å²) in [6, 6.07) is 5.27. The topological polar surface area (TPSA) is 9.23 Å². The number of rotatable bonds is 6. The molecule has 1 aromatic rings. The van der Waals surface area contributed by atoms with Crippen molar-refractivity contribution in [2.75, 3.05) is 6.61 Å². The molecule has 3 heteroatoms. The highest BCUT2D eigenvalue weighted by atomic mass is 35.5. The van der Waals surface area contributed by atoms with Crippen LogP contribution in [0.1, 0.15) is 32.6 Å². The predicted molar refractivity (Wildman–Crippen MR) is 66.1 cm³/mol. The fraction of sp³-hybridized carbons (Fsp3) is 0.500. The molecule has 0 aliphatic heterocycles. The van der Waals surface area contributed by atoms with Crippen LogP contribution in [0.2, 0.25) is 10.0 Å². The van der Waals surface area contributed by atoms with E-state index in [0.717, 1.165) is 18.8 Å². The van der Waals surface area contributed by atoms with Gasteiger partial charge in [-0.25, -0.2) is 0 Å². The minimum Gasteiger partial charge on any atom is -0.493 e. The first-order chi connectivity index (χ1) is 7.22. The largest absolute Gasteiger partial charge is 0.493 e. The van der Waals surface area contributed by atoms with Crippen molar-refractivity contribution in [2.45, 2.75) is 32.6 Å². The molecular formula is C12H16Cl2O. The van der Waals surface area contributed by atoms with Gasteiger partial charge in [0.1, 0.15) is 5.75 Å². The summed E-state index contributed by atoms with van der Waals surface area (Å²) in [5, 5.41) is 1.23. The molecule has 1 rings (SSSR count). The van der Waals surface area contributed by atoms with Gasteiger partial charge in [0.2, 0.25) is 0 Å². The fourth-order valence-electron chi connectivity index (χ4n) is 1.33. The molecular weight excluding hydrogens is 231 g/mol. The maximum absolute atomic E-state index is 5.85. The highest BCUT2D eigenvalue weighted by Gasteiger charge is 1.98. The lowest BCUT2D eigenvalue weighted by Gasteiger charge is -2.06. The van der Waals surface area contributed by atoms with Gasteiger partial charge in [-0.3, -0.25) is 0 Å². The molecule has 1 nitrogen and oxygen atoms in total. The molecule has 0 saturated carbocycles. The molecule has 0 bridgehead atoms. The van der Waals surface area contributed by atoms with Crippen LogP contribution in [0.15, 0.2) is 18.2 Å². The first kappa shape index (κ1) is 12.7. The molecule has 0 heterocycles. The minimum absolute atomic E-state index is 0.617. The molecule has 0 unspecified atom stereocenters. The molecule has 0 atom stereocenters. The Balaban J connectivity index is 2.31. The SMILES string of the molecule is CCCCCCOc1cc(Cl)cc(Cl)c1. The van der Waals surface area contributed by atoms with Crippen LogP contribution in [0.3, 0.4) is 0 Å². The van der Waals surface area contributed by atoms with Crippen molar-refractivity contribution in [3.8, 4) is 5.75 Å². The number of hydrogen-bond donors (Lipinski definition) is 0. The van der Waals surface area contributed by atoms with Crippen LogP contribution in [-0.2, 0) is 0 Å². The van der Waals surface area contributed by atoms with Crippen molar-refractivity contribution in [3.05, 3.63) is 28.2 Å². The van der Waals surface area contributed by atoms with Crippen LogP contribution in [-0.4, -0.2) is 6.61 Å². The summed E-state index contributed by atoms with van der Waals surface area (Å²) in [6.07, 6.45) is 4.80. The molecule has 0 fully saturated rings. The Morgan fingerprint density at radius 3 is 2.27 bits per heavy atom. The lowest BCUT2D eigenvalue weighted by molar-refractivity contribution is 0.305. The summed E-state index contributed by atoms with van der Waals surface area (Å²) in [7, 11) is 0. The van der Waals surface area contributed by atoms with Crippen molar-refractivity contribution in [3.63, 3.8) is 0 Å². The summed E-state index contributed by atoms with van der Waals surface area (Å²) in [4.78, 5) is 0. The average Bonchev–Trinajstić information content (AvgIpc) is 2.16. The monoisotopic (exact) mass is 246 g/mol. The second kappa shape index (κ2) is 6.97. The molecule has 84 valence electrons. The summed E-state index contributed by atoms with van der Waals surface area (Å²) in [6.45, 7) is 2.92. The van der Waals surface area contributed by atoms with Gasteiger partial charge >= 0.3 is 0 Å². The Labute approximate surface area is 101 Å². The van der Waals surface area contributed by atoms with Crippen molar-refractivity contribution < 1.29 is 4.74 Å². The second-order valence-electron chi connectivity index (χ2n) is 3.51. The number of benzene rings is 1. The third-order valence-corrected chi connectivity index (χ3v) is 2.54. The normalized spacial score (nSPS) is 10.3. The summed E-state index contributed by atoms with van der Waals surface area (Å²) >= 11 is 11.7. The molecule has 0 N–H and O–H groups in total. The maximum Gasteiger partial charge on any atom is 0.122 e. The molecule has 0 aliphatic rings. The van der Waals surface area contributed by atoms with Gasteiger partial charge in [0.05, 0.1) is 6.61 Å². The molecule has 0 amide bonds. The van der Waals surface area contributed by atoms with E-state index in [1.165, 1.54) is 19.3 Å². The highest BCUT2D eigenvalue weighted by Crippen LogP contribution is 2.24. The van der Waals surface area contributed by atoms with E-state index in [1.807, 2.05) is 0 Å². The number of ether oxygens (including phenoxy) is 1. The molecule has 0 saturated heterocycles. The van der Waals surface area contributed by atoms with Gasteiger partial charge in [0.25, 0.3) is 0 Å². The van der Waals surface area contributed by atoms with Gasteiger partial charge in [0.15, 0.2) is 0 Å². The predicted octanol–water partition coefficient (Wildman–Crippen LogP) is 4.95. The van der Waals surface area contributed by atoms with Crippen LogP contribution in [0.25, 0.3) is 0 Å². The Morgan fingerprint density at radius 1 is 1.00 bits per heavy atom. The van der Waals surface area contributed by atoms with Crippen molar-refractivity contribution in [1.82, 2.24) is 0 Å². The first-order valence-corrected chi connectivity index (χ1v) is 6.07.